The van der Waals surface area contributed by atoms with Gasteiger partial charge in [0.05, 0.1) is 24.3 Å². The molecule has 2 N–H and O–H groups in total. The Bertz CT molecular complexity index is 694. The number of urea groups is 1. The van der Waals surface area contributed by atoms with E-state index in [-0.39, 0.29) is 24.2 Å². The molecule has 2 amide bonds. The molecule has 0 spiro atoms. The van der Waals surface area contributed by atoms with Crippen molar-refractivity contribution in [2.45, 2.75) is 44.9 Å². The van der Waals surface area contributed by atoms with Gasteiger partial charge in [-0.3, -0.25) is 0 Å². The normalized spacial score (nSPS) is 22.1. The predicted octanol–water partition coefficient (Wildman–Crippen LogP) is 2.60. The summed E-state index contributed by atoms with van der Waals surface area (Å²) in [5, 5.41) is 5.95. The van der Waals surface area contributed by atoms with Crippen molar-refractivity contribution < 1.29 is 13.9 Å². The molecule has 0 aliphatic carbocycles. The van der Waals surface area contributed by atoms with Crippen molar-refractivity contribution in [3.8, 4) is 0 Å². The zero-order valence-corrected chi connectivity index (χ0v) is 14.3. The van der Waals surface area contributed by atoms with E-state index in [4.69, 9.17) is 9.15 Å². The molecule has 24 heavy (non-hydrogen) atoms. The van der Waals surface area contributed by atoms with Crippen LogP contribution < -0.4 is 10.6 Å². The molecule has 3 atom stereocenters. The summed E-state index contributed by atoms with van der Waals surface area (Å²) in [6.07, 6.45) is 5.07. The summed E-state index contributed by atoms with van der Waals surface area (Å²) in [4.78, 5) is 16.4. The summed E-state index contributed by atoms with van der Waals surface area (Å²) in [5.74, 6) is 1.59. The Morgan fingerprint density at radius 2 is 2.29 bits per heavy atom. The molecule has 1 aliphatic heterocycles. The van der Waals surface area contributed by atoms with Gasteiger partial charge in [0.25, 0.3) is 0 Å². The van der Waals surface area contributed by atoms with Crippen LogP contribution in [0, 0.1) is 6.92 Å². The molecular formula is C17H24N4O3. The smallest absolute Gasteiger partial charge is 0.315 e. The summed E-state index contributed by atoms with van der Waals surface area (Å²) in [6.45, 7) is 4.41. The van der Waals surface area contributed by atoms with Gasteiger partial charge in [0.15, 0.2) is 0 Å². The molecular weight excluding hydrogens is 308 g/mol. The molecule has 7 nitrogen and oxygen atoms in total. The van der Waals surface area contributed by atoms with Crippen LogP contribution >= 0.6 is 0 Å². The van der Waals surface area contributed by atoms with Crippen LogP contribution in [0.5, 0.6) is 0 Å². The van der Waals surface area contributed by atoms with Crippen LogP contribution in [0.3, 0.4) is 0 Å². The number of aromatic nitrogens is 2. The number of imidazole rings is 1. The molecule has 2 aromatic heterocycles. The highest BCUT2D eigenvalue weighted by Crippen LogP contribution is 2.27. The molecule has 0 saturated carbocycles. The van der Waals surface area contributed by atoms with Gasteiger partial charge in [0.2, 0.25) is 0 Å². The lowest BCUT2D eigenvalue weighted by Gasteiger charge is -2.30. The molecule has 7 heteroatoms. The third-order valence-electron chi connectivity index (χ3n) is 4.34. The van der Waals surface area contributed by atoms with E-state index in [1.807, 2.05) is 43.8 Å². The first-order valence-electron chi connectivity index (χ1n) is 8.24. The Morgan fingerprint density at radius 1 is 1.46 bits per heavy atom. The van der Waals surface area contributed by atoms with E-state index in [0.29, 0.717) is 6.61 Å². The van der Waals surface area contributed by atoms with Gasteiger partial charge in [0, 0.05) is 19.7 Å². The standard InChI is InChI=1S/C17H24N4O3/c1-11-4-5-15(24-11)12(2)19-17(22)20-13-6-7-23-16(8-13)14-9-18-10-21(14)3/h4-5,9-10,12-13,16H,6-8H2,1-3H3,(H2,19,20,22)/t12-,13-,16+/m0/s1. The third-order valence-corrected chi connectivity index (χ3v) is 4.34. The molecule has 0 radical (unpaired) electrons. The van der Waals surface area contributed by atoms with Crippen LogP contribution in [0.4, 0.5) is 4.79 Å². The van der Waals surface area contributed by atoms with Crippen LogP contribution in [0.25, 0.3) is 0 Å². The van der Waals surface area contributed by atoms with Crippen molar-refractivity contribution in [3.05, 3.63) is 41.9 Å². The van der Waals surface area contributed by atoms with Crippen molar-refractivity contribution in [3.63, 3.8) is 0 Å². The highest BCUT2D eigenvalue weighted by atomic mass is 16.5. The van der Waals surface area contributed by atoms with E-state index in [9.17, 15) is 4.79 Å². The number of aryl methyl sites for hydroxylation is 2. The monoisotopic (exact) mass is 332 g/mol. The topological polar surface area (TPSA) is 81.3 Å². The molecule has 1 saturated heterocycles. The molecule has 0 unspecified atom stereocenters. The first kappa shape index (κ1) is 16.6. The number of amides is 2. The van der Waals surface area contributed by atoms with E-state index < -0.39 is 0 Å². The second-order valence-electron chi connectivity index (χ2n) is 6.30. The summed E-state index contributed by atoms with van der Waals surface area (Å²) < 4.78 is 13.3. The van der Waals surface area contributed by atoms with Gasteiger partial charge in [0.1, 0.15) is 17.6 Å². The SMILES string of the molecule is Cc1ccc([C@H](C)NC(=O)N[C@H]2CCO[C@@H](c3cncn3C)C2)o1. The zero-order valence-electron chi connectivity index (χ0n) is 14.3. The highest BCUT2D eigenvalue weighted by molar-refractivity contribution is 5.74. The number of carbonyl (C=O) groups excluding carboxylic acids is 1. The number of rotatable bonds is 4. The van der Waals surface area contributed by atoms with Crippen LogP contribution in [0.15, 0.2) is 29.1 Å². The molecule has 1 fully saturated rings. The maximum absolute atomic E-state index is 12.2. The van der Waals surface area contributed by atoms with Crippen LogP contribution in [-0.2, 0) is 11.8 Å². The predicted molar refractivity (Wildman–Crippen MR) is 88.5 cm³/mol. The minimum absolute atomic E-state index is 0.0401. The number of hydrogen-bond donors (Lipinski definition) is 2. The fourth-order valence-electron chi connectivity index (χ4n) is 2.99. The van der Waals surface area contributed by atoms with Crippen molar-refractivity contribution in [1.82, 2.24) is 20.2 Å². The molecule has 0 aromatic carbocycles. The first-order valence-corrected chi connectivity index (χ1v) is 8.24. The maximum Gasteiger partial charge on any atom is 0.315 e. The molecule has 3 heterocycles. The number of furan rings is 1. The third kappa shape index (κ3) is 3.79. The lowest BCUT2D eigenvalue weighted by molar-refractivity contribution is -0.00182. The van der Waals surface area contributed by atoms with Crippen molar-refractivity contribution in [2.75, 3.05) is 6.61 Å². The second kappa shape index (κ2) is 7.09. The van der Waals surface area contributed by atoms with Gasteiger partial charge in [-0.2, -0.15) is 0 Å². The Morgan fingerprint density at radius 3 is 2.96 bits per heavy atom. The Labute approximate surface area is 141 Å². The van der Waals surface area contributed by atoms with E-state index in [2.05, 4.69) is 15.6 Å². The van der Waals surface area contributed by atoms with Crippen molar-refractivity contribution in [1.29, 1.82) is 0 Å². The van der Waals surface area contributed by atoms with E-state index >= 15 is 0 Å². The molecule has 2 aromatic rings. The van der Waals surface area contributed by atoms with Crippen molar-refractivity contribution >= 4 is 6.03 Å². The van der Waals surface area contributed by atoms with E-state index in [1.54, 1.807) is 6.33 Å². The zero-order chi connectivity index (χ0) is 17.1. The Kier molecular flexibility index (Phi) is 4.89. The Hall–Kier alpha value is -2.28. The maximum atomic E-state index is 12.2. The van der Waals surface area contributed by atoms with E-state index in [0.717, 1.165) is 30.1 Å². The van der Waals surface area contributed by atoms with Gasteiger partial charge in [-0.1, -0.05) is 0 Å². The number of nitrogens with one attached hydrogen (secondary N) is 2. The lowest BCUT2D eigenvalue weighted by atomic mass is 10.0. The van der Waals surface area contributed by atoms with Crippen LogP contribution in [0.1, 0.15) is 49.1 Å². The minimum atomic E-state index is -0.188. The molecule has 0 bridgehead atoms. The molecule has 1 aliphatic rings. The molecule has 130 valence electrons. The number of nitrogens with zero attached hydrogens (tertiary/aromatic N) is 2. The van der Waals surface area contributed by atoms with Gasteiger partial charge in [-0.25, -0.2) is 9.78 Å². The fourth-order valence-corrected chi connectivity index (χ4v) is 2.99. The summed E-state index contributed by atoms with van der Waals surface area (Å²) in [7, 11) is 1.95. The quantitative estimate of drug-likeness (QED) is 0.902. The van der Waals surface area contributed by atoms with Crippen molar-refractivity contribution in [2.24, 2.45) is 7.05 Å². The average Bonchev–Trinajstić information content (AvgIpc) is 3.16. The summed E-state index contributed by atoms with van der Waals surface area (Å²) in [5.41, 5.74) is 1.03. The fraction of sp³-hybridized carbons (Fsp3) is 0.529. The highest BCUT2D eigenvalue weighted by Gasteiger charge is 2.27. The lowest BCUT2D eigenvalue weighted by Crippen LogP contribution is -2.45. The minimum Gasteiger partial charge on any atom is -0.464 e. The number of ether oxygens (including phenoxy) is 1. The van der Waals surface area contributed by atoms with Gasteiger partial charge < -0.3 is 24.4 Å². The van der Waals surface area contributed by atoms with E-state index in [1.165, 1.54) is 0 Å². The van der Waals surface area contributed by atoms with Crippen LogP contribution in [0.2, 0.25) is 0 Å². The first-order chi connectivity index (χ1) is 11.5. The van der Waals surface area contributed by atoms with Crippen LogP contribution in [-0.4, -0.2) is 28.2 Å². The number of carbonyl (C=O) groups is 1. The van der Waals surface area contributed by atoms with Gasteiger partial charge >= 0.3 is 6.03 Å². The summed E-state index contributed by atoms with van der Waals surface area (Å²) in [6, 6.07) is 3.48. The Balaban J connectivity index is 1.53. The largest absolute Gasteiger partial charge is 0.464 e. The average molecular weight is 332 g/mol. The summed E-state index contributed by atoms with van der Waals surface area (Å²) >= 11 is 0. The second-order valence-corrected chi connectivity index (χ2v) is 6.30. The van der Waals surface area contributed by atoms with Gasteiger partial charge in [-0.15, -0.1) is 0 Å². The molecule has 3 rings (SSSR count). The van der Waals surface area contributed by atoms with Gasteiger partial charge in [-0.05, 0) is 38.8 Å². The number of hydrogen-bond acceptors (Lipinski definition) is 4.